The molecule has 2 rings (SSSR count). The zero-order chi connectivity index (χ0) is 10.5. The Balaban J connectivity index is 2.44. The lowest BCUT2D eigenvalue weighted by Gasteiger charge is -2.06. The molecule has 0 unspecified atom stereocenters. The molecular weight excluding hydrogens is 180 g/mol. The lowest BCUT2D eigenvalue weighted by atomic mass is 9.98. The maximum atomic E-state index is 2.16. The summed E-state index contributed by atoms with van der Waals surface area (Å²) in [6, 6.07) is 20.9. The van der Waals surface area contributed by atoms with Gasteiger partial charge < -0.3 is 0 Å². The Morgan fingerprint density at radius 2 is 1.13 bits per heavy atom. The summed E-state index contributed by atoms with van der Waals surface area (Å²) in [6.07, 6.45) is 2.16. The lowest BCUT2D eigenvalue weighted by Crippen LogP contribution is -1.86. The largest absolute Gasteiger partial charge is 0.0792 e. The summed E-state index contributed by atoms with van der Waals surface area (Å²) in [6.45, 7) is 2.08. The van der Waals surface area contributed by atoms with E-state index in [2.05, 4.69) is 61.5 Å². The van der Waals surface area contributed by atoms with Gasteiger partial charge in [-0.25, -0.2) is 0 Å². The Morgan fingerprint density at radius 1 is 0.733 bits per heavy atom. The zero-order valence-corrected chi connectivity index (χ0v) is 8.85. The van der Waals surface area contributed by atoms with Crippen LogP contribution in [0.3, 0.4) is 0 Å². The van der Waals surface area contributed by atoms with Crippen molar-refractivity contribution in [2.45, 2.75) is 6.92 Å². The molecule has 0 radical (unpaired) electrons. The summed E-state index contributed by atoms with van der Waals surface area (Å²) in [7, 11) is 0. The molecule has 0 heteroatoms. The molecule has 74 valence electrons. The van der Waals surface area contributed by atoms with Crippen LogP contribution < -0.4 is 0 Å². The fraction of sp³-hybridized carbons (Fsp3) is 0.0667. The highest BCUT2D eigenvalue weighted by atomic mass is 14.1. The molecule has 15 heavy (non-hydrogen) atoms. The van der Waals surface area contributed by atoms with E-state index >= 15 is 0 Å². The van der Waals surface area contributed by atoms with Crippen LogP contribution >= 0.6 is 0 Å². The van der Waals surface area contributed by atoms with Crippen molar-refractivity contribution in [3.05, 3.63) is 77.9 Å². The van der Waals surface area contributed by atoms with Gasteiger partial charge in [0.25, 0.3) is 0 Å². The molecule has 0 spiro atoms. The van der Waals surface area contributed by atoms with E-state index in [0.29, 0.717) is 0 Å². The normalized spacial score (nSPS) is 9.67. The molecule has 0 nitrogen and oxygen atoms in total. The van der Waals surface area contributed by atoms with E-state index in [1.165, 1.54) is 16.7 Å². The van der Waals surface area contributed by atoms with Gasteiger partial charge in [-0.15, -0.1) is 0 Å². The Kier molecular flexibility index (Phi) is 2.99. The van der Waals surface area contributed by atoms with Crippen molar-refractivity contribution in [3.63, 3.8) is 0 Å². The molecule has 0 N–H and O–H groups in total. The van der Waals surface area contributed by atoms with Crippen LogP contribution in [-0.4, -0.2) is 0 Å². The van der Waals surface area contributed by atoms with Gasteiger partial charge in [-0.05, 0) is 23.6 Å². The number of hydrogen-bond donors (Lipinski definition) is 0. The fourth-order valence-electron chi connectivity index (χ4n) is 1.74. The van der Waals surface area contributed by atoms with Crippen molar-refractivity contribution < 1.29 is 0 Å². The van der Waals surface area contributed by atoms with E-state index in [-0.39, 0.29) is 0 Å². The fourth-order valence-corrected chi connectivity index (χ4v) is 1.74. The van der Waals surface area contributed by atoms with Gasteiger partial charge in [0.2, 0.25) is 0 Å². The highest BCUT2D eigenvalue weighted by Crippen LogP contribution is 2.22. The minimum atomic E-state index is 1.27. The van der Waals surface area contributed by atoms with Crippen molar-refractivity contribution in [2.24, 2.45) is 0 Å². The van der Waals surface area contributed by atoms with Crippen LogP contribution in [0.25, 0.3) is 5.57 Å². The van der Waals surface area contributed by atoms with Crippen LogP contribution in [0.5, 0.6) is 0 Å². The number of rotatable bonds is 2. The third-order valence-electron chi connectivity index (χ3n) is 2.46. The highest BCUT2D eigenvalue weighted by molar-refractivity contribution is 5.79. The topological polar surface area (TPSA) is 0 Å². The third kappa shape index (κ3) is 2.16. The Hall–Kier alpha value is -1.82. The Labute approximate surface area is 90.9 Å². The average molecular weight is 194 g/mol. The highest BCUT2D eigenvalue weighted by Gasteiger charge is 2.01. The summed E-state index contributed by atoms with van der Waals surface area (Å²) in [5, 5.41) is 0. The van der Waals surface area contributed by atoms with Crippen molar-refractivity contribution in [2.75, 3.05) is 0 Å². The molecule has 0 fully saturated rings. The minimum absolute atomic E-state index is 1.27. The van der Waals surface area contributed by atoms with E-state index in [9.17, 15) is 0 Å². The Bertz CT molecular complexity index is 396. The smallest absolute Gasteiger partial charge is 0.0154 e. The van der Waals surface area contributed by atoms with E-state index in [1.54, 1.807) is 0 Å². The molecule has 0 aliphatic heterocycles. The van der Waals surface area contributed by atoms with Crippen LogP contribution in [0.4, 0.5) is 0 Å². The van der Waals surface area contributed by atoms with Crippen molar-refractivity contribution in [1.29, 1.82) is 0 Å². The monoisotopic (exact) mass is 194 g/mol. The molecule has 0 saturated heterocycles. The van der Waals surface area contributed by atoms with Gasteiger partial charge in [0.05, 0.1) is 0 Å². The van der Waals surface area contributed by atoms with Crippen LogP contribution in [0.1, 0.15) is 18.1 Å². The number of hydrogen-bond acceptors (Lipinski definition) is 0. The second-order valence-corrected chi connectivity index (χ2v) is 3.43. The van der Waals surface area contributed by atoms with Crippen molar-refractivity contribution in [1.82, 2.24) is 0 Å². The number of benzene rings is 2. The first-order valence-electron chi connectivity index (χ1n) is 5.19. The molecule has 0 atom stereocenters. The van der Waals surface area contributed by atoms with Gasteiger partial charge in [0.15, 0.2) is 0 Å². The molecular formula is C15H14. The van der Waals surface area contributed by atoms with Crippen molar-refractivity contribution >= 4 is 5.57 Å². The molecule has 2 aromatic carbocycles. The average Bonchev–Trinajstić information content (AvgIpc) is 2.33. The first-order chi connectivity index (χ1) is 7.42. The van der Waals surface area contributed by atoms with Gasteiger partial charge in [-0.3, -0.25) is 0 Å². The second kappa shape index (κ2) is 4.61. The van der Waals surface area contributed by atoms with Crippen LogP contribution in [-0.2, 0) is 0 Å². The number of allylic oxidation sites excluding steroid dienone is 1. The van der Waals surface area contributed by atoms with Crippen molar-refractivity contribution in [3.8, 4) is 0 Å². The standard InChI is InChI=1S/C15H14/c1-2-15(13-9-5-3-6-10-13)14-11-7-4-8-12-14/h2-12H,1H3. The van der Waals surface area contributed by atoms with Gasteiger partial charge in [-0.1, -0.05) is 66.7 Å². The molecule has 0 aliphatic carbocycles. The first kappa shape index (κ1) is 9.72. The molecule has 2 aromatic rings. The molecule has 0 heterocycles. The third-order valence-corrected chi connectivity index (χ3v) is 2.46. The first-order valence-corrected chi connectivity index (χ1v) is 5.19. The zero-order valence-electron chi connectivity index (χ0n) is 8.85. The molecule has 0 bridgehead atoms. The predicted molar refractivity (Wildman–Crippen MR) is 65.6 cm³/mol. The van der Waals surface area contributed by atoms with E-state index in [0.717, 1.165) is 0 Å². The van der Waals surface area contributed by atoms with Gasteiger partial charge in [0, 0.05) is 0 Å². The van der Waals surface area contributed by atoms with Gasteiger partial charge in [-0.2, -0.15) is 0 Å². The SMILES string of the molecule is CC=C(c1ccccc1)c1ccccc1. The summed E-state index contributed by atoms with van der Waals surface area (Å²) in [5.41, 5.74) is 3.83. The van der Waals surface area contributed by atoms with E-state index in [4.69, 9.17) is 0 Å². The second-order valence-electron chi connectivity index (χ2n) is 3.43. The lowest BCUT2D eigenvalue weighted by molar-refractivity contribution is 1.53. The minimum Gasteiger partial charge on any atom is -0.0792 e. The molecule has 0 aromatic heterocycles. The van der Waals surface area contributed by atoms with Crippen LogP contribution in [0.2, 0.25) is 0 Å². The van der Waals surface area contributed by atoms with Gasteiger partial charge in [0.1, 0.15) is 0 Å². The van der Waals surface area contributed by atoms with Gasteiger partial charge >= 0.3 is 0 Å². The van der Waals surface area contributed by atoms with Crippen LogP contribution in [0.15, 0.2) is 66.7 Å². The maximum Gasteiger partial charge on any atom is -0.0154 e. The summed E-state index contributed by atoms with van der Waals surface area (Å²) in [4.78, 5) is 0. The molecule has 0 saturated carbocycles. The van der Waals surface area contributed by atoms with Crippen LogP contribution in [0, 0.1) is 0 Å². The van der Waals surface area contributed by atoms with E-state index in [1.807, 2.05) is 12.1 Å². The summed E-state index contributed by atoms with van der Waals surface area (Å²) in [5.74, 6) is 0. The summed E-state index contributed by atoms with van der Waals surface area (Å²) < 4.78 is 0. The quantitative estimate of drug-likeness (QED) is 0.674. The van der Waals surface area contributed by atoms with E-state index < -0.39 is 0 Å². The Morgan fingerprint density at radius 3 is 1.47 bits per heavy atom. The molecule has 0 amide bonds. The maximum absolute atomic E-state index is 2.16. The molecule has 0 aliphatic rings. The summed E-state index contributed by atoms with van der Waals surface area (Å²) >= 11 is 0. The predicted octanol–water partition coefficient (Wildman–Crippen LogP) is 4.14.